The quantitative estimate of drug-likeness (QED) is 0.420. The number of aromatic hydroxyl groups is 1. The van der Waals surface area contributed by atoms with Crippen LogP contribution >= 0.6 is 12.2 Å². The zero-order valence-electron chi connectivity index (χ0n) is 8.79. The van der Waals surface area contributed by atoms with Gasteiger partial charge in [-0.3, -0.25) is 10.4 Å². The molecule has 86 valence electrons. The highest BCUT2D eigenvalue weighted by Gasteiger charge is 2.02. The maximum Gasteiger partial charge on any atom is 0.184 e. The fourth-order valence-corrected chi connectivity index (χ4v) is 1.53. The molecule has 0 aliphatic carbocycles. The smallest absolute Gasteiger partial charge is 0.184 e. The number of thiocarbonyl (C=S) groups is 1. The molecule has 0 aliphatic heterocycles. The molecule has 0 saturated carbocycles. The number of fused-ring (bicyclic) bond motifs is 1. The number of hydrazone groups is 1. The van der Waals surface area contributed by atoms with Gasteiger partial charge in [-0.15, -0.1) is 0 Å². The van der Waals surface area contributed by atoms with Crippen LogP contribution in [0, 0.1) is 0 Å². The van der Waals surface area contributed by atoms with E-state index in [1.165, 1.54) is 6.21 Å². The molecule has 1 heterocycles. The topological polar surface area (TPSA) is 83.5 Å². The number of hydrogen-bond acceptors (Lipinski definition) is 4. The van der Waals surface area contributed by atoms with Gasteiger partial charge >= 0.3 is 0 Å². The summed E-state index contributed by atoms with van der Waals surface area (Å²) in [4.78, 5) is 4.16. The molecule has 17 heavy (non-hydrogen) atoms. The van der Waals surface area contributed by atoms with Crippen molar-refractivity contribution in [3.8, 4) is 5.75 Å². The van der Waals surface area contributed by atoms with E-state index >= 15 is 0 Å². The highest BCUT2D eigenvalue weighted by Crippen LogP contribution is 2.24. The van der Waals surface area contributed by atoms with Gasteiger partial charge in [0.25, 0.3) is 0 Å². The molecular weight excluding hydrogens is 236 g/mol. The first-order chi connectivity index (χ1) is 8.18. The second-order valence-electron chi connectivity index (χ2n) is 3.30. The van der Waals surface area contributed by atoms with E-state index < -0.39 is 0 Å². The number of phenols is 1. The van der Waals surface area contributed by atoms with Crippen LogP contribution in [0.15, 0.2) is 35.6 Å². The first-order valence-electron chi connectivity index (χ1n) is 4.83. The Bertz CT molecular complexity index is 597. The molecule has 1 aromatic heterocycles. The Labute approximate surface area is 103 Å². The number of nitrogens with zero attached hydrogens (tertiary/aromatic N) is 2. The Balaban J connectivity index is 2.44. The van der Waals surface area contributed by atoms with Gasteiger partial charge in [0.2, 0.25) is 0 Å². The van der Waals surface area contributed by atoms with Crippen molar-refractivity contribution >= 4 is 34.3 Å². The number of rotatable bonds is 2. The van der Waals surface area contributed by atoms with Crippen molar-refractivity contribution < 1.29 is 5.11 Å². The minimum absolute atomic E-state index is 0.0873. The van der Waals surface area contributed by atoms with E-state index in [9.17, 15) is 5.11 Å². The predicted octanol–water partition coefficient (Wildman–Crippen LogP) is 1.11. The van der Waals surface area contributed by atoms with Crippen LogP contribution < -0.4 is 11.2 Å². The van der Waals surface area contributed by atoms with Crippen molar-refractivity contribution in [2.75, 3.05) is 0 Å². The average Bonchev–Trinajstić information content (AvgIpc) is 2.30. The van der Waals surface area contributed by atoms with Gasteiger partial charge in [0.15, 0.2) is 5.11 Å². The lowest BCUT2D eigenvalue weighted by atomic mass is 10.1. The summed E-state index contributed by atoms with van der Waals surface area (Å²) in [6.45, 7) is 0. The summed E-state index contributed by atoms with van der Waals surface area (Å²) in [7, 11) is 0. The van der Waals surface area contributed by atoms with Crippen LogP contribution in [0.4, 0.5) is 0 Å². The summed E-state index contributed by atoms with van der Waals surface area (Å²) in [5, 5.41) is 15.1. The van der Waals surface area contributed by atoms with Gasteiger partial charge in [0.05, 0.1) is 11.9 Å². The van der Waals surface area contributed by atoms with E-state index in [1.54, 1.807) is 24.4 Å². The first kappa shape index (κ1) is 11.3. The lowest BCUT2D eigenvalue weighted by Crippen LogP contribution is -2.24. The van der Waals surface area contributed by atoms with E-state index in [4.69, 9.17) is 5.73 Å². The highest BCUT2D eigenvalue weighted by atomic mass is 32.1. The zero-order valence-corrected chi connectivity index (χ0v) is 9.61. The molecule has 2 aromatic rings. The van der Waals surface area contributed by atoms with Crippen LogP contribution in [0.3, 0.4) is 0 Å². The minimum Gasteiger partial charge on any atom is -0.507 e. The van der Waals surface area contributed by atoms with Crippen LogP contribution in [-0.4, -0.2) is 21.4 Å². The molecular formula is C11H10N4OS. The van der Waals surface area contributed by atoms with Gasteiger partial charge in [-0.2, -0.15) is 5.10 Å². The van der Waals surface area contributed by atoms with Gasteiger partial charge in [0, 0.05) is 17.0 Å². The van der Waals surface area contributed by atoms with Crippen molar-refractivity contribution in [2.24, 2.45) is 10.8 Å². The van der Waals surface area contributed by atoms with E-state index in [1.807, 2.05) is 6.07 Å². The Morgan fingerprint density at radius 1 is 1.41 bits per heavy atom. The summed E-state index contributed by atoms with van der Waals surface area (Å²) in [5.74, 6) is 0.210. The number of nitrogens with one attached hydrogen (secondary N) is 1. The minimum atomic E-state index is 0.0873. The molecule has 0 radical (unpaired) electrons. The lowest BCUT2D eigenvalue weighted by Gasteiger charge is -2.02. The molecule has 0 fully saturated rings. The normalized spacial score (nSPS) is 10.8. The fourth-order valence-electron chi connectivity index (χ4n) is 1.47. The Hall–Kier alpha value is -2.21. The van der Waals surface area contributed by atoms with Gasteiger partial charge in [0.1, 0.15) is 5.75 Å². The Kier molecular flexibility index (Phi) is 3.15. The molecule has 0 amide bonds. The molecule has 0 bridgehead atoms. The monoisotopic (exact) mass is 246 g/mol. The standard InChI is InChI=1S/C11H10N4OS/c12-11(17)15-14-6-9-7-2-1-3-10(16)8(7)4-5-13-9/h1-6,16H,(H3,12,15,17). The second kappa shape index (κ2) is 4.75. The SMILES string of the molecule is NC(=S)NN=Cc1nccc2c(O)cccc12. The van der Waals surface area contributed by atoms with Crippen molar-refractivity contribution in [1.82, 2.24) is 10.4 Å². The number of nitrogens with two attached hydrogens (primary N) is 1. The van der Waals surface area contributed by atoms with Gasteiger partial charge < -0.3 is 10.8 Å². The highest BCUT2D eigenvalue weighted by molar-refractivity contribution is 7.80. The van der Waals surface area contributed by atoms with E-state index in [0.717, 1.165) is 10.8 Å². The first-order valence-corrected chi connectivity index (χ1v) is 5.24. The van der Waals surface area contributed by atoms with Crippen LogP contribution in [0.1, 0.15) is 5.69 Å². The maximum atomic E-state index is 9.68. The molecule has 0 saturated heterocycles. The summed E-state index contributed by atoms with van der Waals surface area (Å²) < 4.78 is 0. The molecule has 0 atom stereocenters. The van der Waals surface area contributed by atoms with Gasteiger partial charge in [-0.25, -0.2) is 0 Å². The fraction of sp³-hybridized carbons (Fsp3) is 0. The van der Waals surface area contributed by atoms with Crippen LogP contribution in [0.2, 0.25) is 0 Å². The van der Waals surface area contributed by atoms with Crippen LogP contribution in [0.25, 0.3) is 10.8 Å². The summed E-state index contributed by atoms with van der Waals surface area (Å²) >= 11 is 4.62. The predicted molar refractivity (Wildman–Crippen MR) is 70.9 cm³/mol. The third-order valence-corrected chi connectivity index (χ3v) is 2.27. The number of aromatic nitrogens is 1. The lowest BCUT2D eigenvalue weighted by molar-refractivity contribution is 0.481. The van der Waals surface area contributed by atoms with Crippen molar-refractivity contribution in [3.05, 3.63) is 36.2 Å². The second-order valence-corrected chi connectivity index (χ2v) is 3.74. The maximum absolute atomic E-state index is 9.68. The molecule has 0 spiro atoms. The Morgan fingerprint density at radius 2 is 2.24 bits per heavy atom. The van der Waals surface area contributed by atoms with E-state index in [-0.39, 0.29) is 10.9 Å². The van der Waals surface area contributed by atoms with Crippen LogP contribution in [-0.2, 0) is 0 Å². The average molecular weight is 246 g/mol. The molecule has 4 N–H and O–H groups in total. The van der Waals surface area contributed by atoms with Gasteiger partial charge in [-0.1, -0.05) is 12.1 Å². The van der Waals surface area contributed by atoms with Crippen molar-refractivity contribution in [2.45, 2.75) is 0 Å². The van der Waals surface area contributed by atoms with Crippen LogP contribution in [0.5, 0.6) is 5.75 Å². The zero-order chi connectivity index (χ0) is 12.3. The third-order valence-electron chi connectivity index (χ3n) is 2.18. The molecule has 2 rings (SSSR count). The van der Waals surface area contributed by atoms with E-state index in [2.05, 4.69) is 27.7 Å². The molecule has 6 heteroatoms. The van der Waals surface area contributed by atoms with Gasteiger partial charge in [-0.05, 0) is 24.4 Å². The third kappa shape index (κ3) is 2.48. The summed E-state index contributed by atoms with van der Waals surface area (Å²) in [6, 6.07) is 6.96. The van der Waals surface area contributed by atoms with Crippen molar-refractivity contribution in [3.63, 3.8) is 0 Å². The summed E-state index contributed by atoms with van der Waals surface area (Å²) in [6.07, 6.45) is 3.10. The molecule has 0 unspecified atom stereocenters. The largest absolute Gasteiger partial charge is 0.507 e. The van der Waals surface area contributed by atoms with E-state index in [0.29, 0.717) is 5.69 Å². The molecule has 0 aliphatic rings. The molecule has 1 aromatic carbocycles. The number of hydrogen-bond donors (Lipinski definition) is 3. The number of pyridine rings is 1. The molecule has 5 nitrogen and oxygen atoms in total. The Morgan fingerprint density at radius 3 is 3.00 bits per heavy atom. The number of phenolic OH excluding ortho intramolecular Hbond substituents is 1. The summed E-state index contributed by atoms with van der Waals surface area (Å²) in [5.41, 5.74) is 8.32. The van der Waals surface area contributed by atoms with Crippen molar-refractivity contribution in [1.29, 1.82) is 0 Å². The number of benzene rings is 1.